The average Bonchev–Trinajstić information content (AvgIpc) is 2.42. The molecule has 0 aromatic rings. The Kier molecular flexibility index (Phi) is 11.6. The fourth-order valence-corrected chi connectivity index (χ4v) is 0.982. The van der Waals surface area contributed by atoms with Crippen LogP contribution in [0.5, 0.6) is 0 Å². The largest absolute Gasteiger partial charge is 0.458 e. The summed E-state index contributed by atoms with van der Waals surface area (Å²) in [6, 6.07) is 0. The number of rotatable bonds is 12. The van der Waals surface area contributed by atoms with Crippen molar-refractivity contribution in [3.05, 3.63) is 0 Å². The number of hydrogen-bond acceptors (Lipinski definition) is 7. The van der Waals surface area contributed by atoms with Crippen LogP contribution in [0.25, 0.3) is 0 Å². The standard InChI is InChI=1S/C10H19N3O6/c11-13-9(15)1-3-17-5-6-18-4-2-12-10(16)7-19-8-14/h8H,1-7,11H2,(H,12,16)(H,13,15). The Labute approximate surface area is 110 Å². The van der Waals surface area contributed by atoms with Crippen molar-refractivity contribution in [2.24, 2.45) is 5.84 Å². The summed E-state index contributed by atoms with van der Waals surface area (Å²) >= 11 is 0. The van der Waals surface area contributed by atoms with E-state index in [0.717, 1.165) is 0 Å². The molecule has 0 saturated heterocycles. The Hall–Kier alpha value is -1.71. The van der Waals surface area contributed by atoms with Crippen molar-refractivity contribution in [1.82, 2.24) is 10.7 Å². The number of hydrogen-bond donors (Lipinski definition) is 3. The summed E-state index contributed by atoms with van der Waals surface area (Å²) < 4.78 is 14.5. The number of amides is 2. The molecule has 0 aliphatic carbocycles. The lowest BCUT2D eigenvalue weighted by molar-refractivity contribution is -0.137. The molecular formula is C10H19N3O6. The predicted molar refractivity (Wildman–Crippen MR) is 63.6 cm³/mol. The van der Waals surface area contributed by atoms with Crippen LogP contribution in [0.2, 0.25) is 0 Å². The molecule has 0 spiro atoms. The van der Waals surface area contributed by atoms with Crippen molar-refractivity contribution in [2.45, 2.75) is 6.42 Å². The van der Waals surface area contributed by atoms with Gasteiger partial charge in [-0.05, 0) is 0 Å². The lowest BCUT2D eigenvalue weighted by Gasteiger charge is -2.06. The van der Waals surface area contributed by atoms with E-state index >= 15 is 0 Å². The van der Waals surface area contributed by atoms with Gasteiger partial charge in [0.2, 0.25) is 5.91 Å². The van der Waals surface area contributed by atoms with Gasteiger partial charge in [0, 0.05) is 6.54 Å². The van der Waals surface area contributed by atoms with E-state index in [1.54, 1.807) is 0 Å². The molecule has 0 heterocycles. The molecule has 0 aliphatic rings. The Balaban J connectivity index is 3.16. The fraction of sp³-hybridized carbons (Fsp3) is 0.700. The van der Waals surface area contributed by atoms with E-state index in [9.17, 15) is 14.4 Å². The maximum atomic E-state index is 10.9. The molecule has 0 fully saturated rings. The summed E-state index contributed by atoms with van der Waals surface area (Å²) in [7, 11) is 0. The van der Waals surface area contributed by atoms with Gasteiger partial charge in [-0.15, -0.1) is 0 Å². The third-order valence-corrected chi connectivity index (χ3v) is 1.86. The van der Waals surface area contributed by atoms with Gasteiger partial charge in [-0.2, -0.15) is 0 Å². The van der Waals surface area contributed by atoms with Gasteiger partial charge >= 0.3 is 0 Å². The van der Waals surface area contributed by atoms with E-state index < -0.39 is 0 Å². The van der Waals surface area contributed by atoms with E-state index in [-0.39, 0.29) is 37.9 Å². The number of hydrazine groups is 1. The summed E-state index contributed by atoms with van der Waals surface area (Å²) in [4.78, 5) is 31.4. The highest BCUT2D eigenvalue weighted by Gasteiger charge is 2.00. The van der Waals surface area contributed by atoms with Crippen LogP contribution < -0.4 is 16.6 Å². The lowest BCUT2D eigenvalue weighted by atomic mass is 10.4. The third kappa shape index (κ3) is 12.5. The summed E-state index contributed by atoms with van der Waals surface area (Å²) in [5.41, 5.74) is 1.99. The van der Waals surface area contributed by atoms with Crippen molar-refractivity contribution >= 4 is 18.3 Å². The number of carbonyl (C=O) groups is 3. The molecule has 0 unspecified atom stereocenters. The van der Waals surface area contributed by atoms with E-state index in [2.05, 4.69) is 10.1 Å². The second kappa shape index (κ2) is 12.7. The normalized spacial score (nSPS) is 9.74. The topological polar surface area (TPSA) is 129 Å². The number of ether oxygens (including phenoxy) is 3. The first-order chi connectivity index (χ1) is 9.20. The lowest BCUT2D eigenvalue weighted by Crippen LogP contribution is -2.31. The first-order valence-electron chi connectivity index (χ1n) is 5.67. The monoisotopic (exact) mass is 277 g/mol. The van der Waals surface area contributed by atoms with Gasteiger partial charge in [0.25, 0.3) is 12.4 Å². The molecule has 0 saturated carbocycles. The summed E-state index contributed by atoms with van der Waals surface area (Å²) in [6.45, 7) is 1.52. The van der Waals surface area contributed by atoms with E-state index in [1.807, 2.05) is 5.43 Å². The van der Waals surface area contributed by atoms with Crippen LogP contribution in [-0.2, 0) is 28.6 Å². The van der Waals surface area contributed by atoms with Crippen molar-refractivity contribution in [2.75, 3.05) is 39.6 Å². The molecule has 0 atom stereocenters. The van der Waals surface area contributed by atoms with Crippen LogP contribution in [0.3, 0.4) is 0 Å². The minimum Gasteiger partial charge on any atom is -0.458 e. The zero-order chi connectivity index (χ0) is 14.3. The zero-order valence-electron chi connectivity index (χ0n) is 10.6. The highest BCUT2D eigenvalue weighted by molar-refractivity contribution is 5.78. The van der Waals surface area contributed by atoms with Gasteiger partial charge in [0.1, 0.15) is 0 Å². The molecule has 2 amide bonds. The van der Waals surface area contributed by atoms with Crippen LogP contribution in [0.15, 0.2) is 0 Å². The van der Waals surface area contributed by atoms with Gasteiger partial charge in [0.05, 0.1) is 32.8 Å². The maximum absolute atomic E-state index is 10.9. The van der Waals surface area contributed by atoms with E-state index in [0.29, 0.717) is 26.4 Å². The van der Waals surface area contributed by atoms with Crippen molar-refractivity contribution < 1.29 is 28.6 Å². The second-order valence-electron chi connectivity index (χ2n) is 3.30. The predicted octanol–water partition coefficient (Wildman–Crippen LogP) is -2.31. The molecule has 9 heteroatoms. The molecule has 9 nitrogen and oxygen atoms in total. The smallest absolute Gasteiger partial charge is 0.293 e. The van der Waals surface area contributed by atoms with Crippen LogP contribution in [-0.4, -0.2) is 57.9 Å². The molecular weight excluding hydrogens is 258 g/mol. The highest BCUT2D eigenvalue weighted by Crippen LogP contribution is 1.83. The Bertz CT molecular complexity index is 274. The minimum atomic E-state index is -0.389. The van der Waals surface area contributed by atoms with Gasteiger partial charge in [0.15, 0.2) is 6.61 Å². The van der Waals surface area contributed by atoms with Crippen LogP contribution in [0.1, 0.15) is 6.42 Å². The van der Waals surface area contributed by atoms with Crippen molar-refractivity contribution in [3.8, 4) is 0 Å². The molecule has 0 rings (SSSR count). The summed E-state index contributed by atoms with van der Waals surface area (Å²) in [5.74, 6) is 4.20. The first-order valence-corrected chi connectivity index (χ1v) is 5.67. The number of nitrogens with two attached hydrogens (primary N) is 1. The summed E-state index contributed by atoms with van der Waals surface area (Å²) in [6.07, 6.45) is 0.198. The van der Waals surface area contributed by atoms with Crippen LogP contribution >= 0.6 is 0 Å². The Morgan fingerprint density at radius 1 is 1.05 bits per heavy atom. The Morgan fingerprint density at radius 2 is 1.74 bits per heavy atom. The van der Waals surface area contributed by atoms with Crippen molar-refractivity contribution in [3.63, 3.8) is 0 Å². The van der Waals surface area contributed by atoms with Gasteiger partial charge in [-0.3, -0.25) is 19.8 Å². The van der Waals surface area contributed by atoms with Crippen molar-refractivity contribution in [1.29, 1.82) is 0 Å². The van der Waals surface area contributed by atoms with Crippen LogP contribution in [0, 0.1) is 0 Å². The Morgan fingerprint density at radius 3 is 2.37 bits per heavy atom. The molecule has 0 bridgehead atoms. The molecule has 0 aliphatic heterocycles. The fourth-order valence-electron chi connectivity index (χ4n) is 0.982. The molecule has 4 N–H and O–H groups in total. The molecule has 110 valence electrons. The quantitative estimate of drug-likeness (QED) is 0.120. The average molecular weight is 277 g/mol. The van der Waals surface area contributed by atoms with Gasteiger partial charge in [-0.25, -0.2) is 5.84 Å². The number of nitrogens with one attached hydrogen (secondary N) is 2. The van der Waals surface area contributed by atoms with Crippen LogP contribution in [0.4, 0.5) is 0 Å². The minimum absolute atomic E-state index is 0.198. The maximum Gasteiger partial charge on any atom is 0.293 e. The molecule has 19 heavy (non-hydrogen) atoms. The van der Waals surface area contributed by atoms with Gasteiger partial charge in [-0.1, -0.05) is 0 Å². The highest BCUT2D eigenvalue weighted by atomic mass is 16.5. The number of carbonyl (C=O) groups excluding carboxylic acids is 3. The SMILES string of the molecule is NNC(=O)CCOCCOCCNC(=O)COC=O. The first kappa shape index (κ1) is 17.3. The molecule has 0 radical (unpaired) electrons. The van der Waals surface area contributed by atoms with Gasteiger partial charge < -0.3 is 19.5 Å². The van der Waals surface area contributed by atoms with E-state index in [4.69, 9.17) is 15.3 Å². The molecule has 0 aromatic heterocycles. The zero-order valence-corrected chi connectivity index (χ0v) is 10.6. The third-order valence-electron chi connectivity index (χ3n) is 1.86. The second-order valence-corrected chi connectivity index (χ2v) is 3.30. The summed E-state index contributed by atoms with van der Waals surface area (Å²) in [5, 5.41) is 2.49. The van der Waals surface area contributed by atoms with E-state index in [1.165, 1.54) is 0 Å². The molecule has 0 aromatic carbocycles.